The van der Waals surface area contributed by atoms with Crippen molar-refractivity contribution in [2.24, 2.45) is 0 Å². The van der Waals surface area contributed by atoms with Crippen LogP contribution in [0, 0.1) is 0 Å². The molecular weight excluding hydrogens is 438 g/mol. The van der Waals surface area contributed by atoms with Crippen LogP contribution in [-0.4, -0.2) is 62.2 Å². The summed E-state index contributed by atoms with van der Waals surface area (Å²) in [5.41, 5.74) is 0. The average Bonchev–Trinajstić information content (AvgIpc) is 3.33. The molecule has 1 aliphatic rings. The molecule has 1 N–H and O–H groups in total. The lowest BCUT2D eigenvalue weighted by molar-refractivity contribution is -0.118. The Hall–Kier alpha value is -2.30. The minimum Gasteiger partial charge on any atom is -0.494 e. The van der Waals surface area contributed by atoms with Gasteiger partial charge in [0.05, 0.1) is 23.9 Å². The van der Waals surface area contributed by atoms with Crippen molar-refractivity contribution in [3.05, 3.63) is 42.6 Å². The number of carbonyl (C=O) groups is 1. The van der Waals surface area contributed by atoms with Crippen LogP contribution >= 0.6 is 11.8 Å². The first-order valence-electron chi connectivity index (χ1n) is 10.2. The van der Waals surface area contributed by atoms with Gasteiger partial charge in [-0.05, 0) is 56.2 Å². The fraction of sp³-hybridized carbons (Fsp3) is 0.429. The lowest BCUT2D eigenvalue weighted by Crippen LogP contribution is -2.29. The molecule has 0 spiro atoms. The first-order chi connectivity index (χ1) is 15.0. The monoisotopic (exact) mass is 465 g/mol. The molecule has 0 aliphatic carbocycles. The maximum Gasteiger partial charge on any atom is 0.244 e. The Labute approximate surface area is 187 Å². The minimum atomic E-state index is -3.47. The maximum atomic E-state index is 12.5. The summed E-state index contributed by atoms with van der Waals surface area (Å²) in [4.78, 5) is 16.4. The molecule has 0 unspecified atom stereocenters. The number of hydrogen-bond acceptors (Lipinski definition) is 7. The van der Waals surface area contributed by atoms with E-state index < -0.39 is 10.0 Å². The van der Waals surface area contributed by atoms with Gasteiger partial charge in [-0.1, -0.05) is 11.8 Å². The lowest BCUT2D eigenvalue weighted by Gasteiger charge is -2.15. The first kappa shape index (κ1) is 23.4. The number of rotatable bonds is 11. The van der Waals surface area contributed by atoms with Gasteiger partial charge in [-0.3, -0.25) is 4.79 Å². The maximum absolute atomic E-state index is 12.5. The van der Waals surface area contributed by atoms with Crippen molar-refractivity contribution in [3.63, 3.8) is 0 Å². The second kappa shape index (κ2) is 11.4. The predicted octanol–water partition coefficient (Wildman–Crippen LogP) is 2.55. The highest BCUT2D eigenvalue weighted by Crippen LogP contribution is 2.22. The van der Waals surface area contributed by atoms with Gasteiger partial charge in [0.15, 0.2) is 0 Å². The van der Waals surface area contributed by atoms with Crippen LogP contribution in [0.25, 0.3) is 0 Å². The van der Waals surface area contributed by atoms with E-state index in [1.807, 2.05) is 31.2 Å². The SMILES string of the molecule is CCOc1ccc(OCCNC(=O)CSc2ccc(S(=O)(=O)N3CCCC3)cn2)cc1. The van der Waals surface area contributed by atoms with Crippen LogP contribution in [0.15, 0.2) is 52.5 Å². The number of pyridine rings is 1. The summed E-state index contributed by atoms with van der Waals surface area (Å²) >= 11 is 1.25. The van der Waals surface area contributed by atoms with Gasteiger partial charge in [0, 0.05) is 19.3 Å². The van der Waals surface area contributed by atoms with E-state index in [4.69, 9.17) is 9.47 Å². The molecule has 168 valence electrons. The molecule has 0 saturated carbocycles. The molecule has 8 nitrogen and oxygen atoms in total. The molecule has 1 aromatic heterocycles. The summed E-state index contributed by atoms with van der Waals surface area (Å²) in [5, 5.41) is 3.39. The number of nitrogens with zero attached hydrogens (tertiary/aromatic N) is 2. The van der Waals surface area contributed by atoms with Gasteiger partial charge >= 0.3 is 0 Å². The van der Waals surface area contributed by atoms with Crippen LogP contribution in [0.5, 0.6) is 11.5 Å². The zero-order valence-electron chi connectivity index (χ0n) is 17.5. The van der Waals surface area contributed by atoms with Crippen molar-refractivity contribution in [1.82, 2.24) is 14.6 Å². The third-order valence-electron chi connectivity index (χ3n) is 4.59. The van der Waals surface area contributed by atoms with Gasteiger partial charge in [0.25, 0.3) is 0 Å². The van der Waals surface area contributed by atoms with Gasteiger partial charge in [0.1, 0.15) is 23.0 Å². The molecule has 0 atom stereocenters. The summed E-state index contributed by atoms with van der Waals surface area (Å²) in [5.74, 6) is 1.54. The van der Waals surface area contributed by atoms with Crippen molar-refractivity contribution in [1.29, 1.82) is 0 Å². The Morgan fingerprint density at radius 1 is 1.10 bits per heavy atom. The van der Waals surface area contributed by atoms with E-state index in [0.717, 1.165) is 18.6 Å². The number of sulfonamides is 1. The van der Waals surface area contributed by atoms with Crippen molar-refractivity contribution in [2.45, 2.75) is 29.7 Å². The molecule has 0 radical (unpaired) electrons. The van der Waals surface area contributed by atoms with Crippen LogP contribution < -0.4 is 14.8 Å². The van der Waals surface area contributed by atoms with Crippen molar-refractivity contribution in [3.8, 4) is 11.5 Å². The van der Waals surface area contributed by atoms with E-state index in [9.17, 15) is 13.2 Å². The van der Waals surface area contributed by atoms with E-state index in [0.29, 0.717) is 43.6 Å². The molecule has 0 bridgehead atoms. The van der Waals surface area contributed by atoms with E-state index in [-0.39, 0.29) is 16.6 Å². The fourth-order valence-electron chi connectivity index (χ4n) is 3.03. The Morgan fingerprint density at radius 2 is 1.77 bits per heavy atom. The van der Waals surface area contributed by atoms with Gasteiger partial charge in [-0.15, -0.1) is 0 Å². The fourth-order valence-corrected chi connectivity index (χ4v) is 5.17. The Morgan fingerprint density at radius 3 is 2.39 bits per heavy atom. The zero-order chi connectivity index (χ0) is 22.1. The van der Waals surface area contributed by atoms with Gasteiger partial charge in [0.2, 0.25) is 15.9 Å². The van der Waals surface area contributed by atoms with Crippen LogP contribution in [0.4, 0.5) is 0 Å². The van der Waals surface area contributed by atoms with E-state index in [2.05, 4.69) is 10.3 Å². The molecule has 3 rings (SSSR count). The smallest absolute Gasteiger partial charge is 0.244 e. The van der Waals surface area contributed by atoms with Crippen LogP contribution in [0.1, 0.15) is 19.8 Å². The van der Waals surface area contributed by atoms with Gasteiger partial charge in [-0.25, -0.2) is 13.4 Å². The van der Waals surface area contributed by atoms with Crippen molar-refractivity contribution in [2.75, 3.05) is 38.6 Å². The normalized spacial score (nSPS) is 14.4. The summed E-state index contributed by atoms with van der Waals surface area (Å²) in [6.45, 7) is 4.39. The van der Waals surface area contributed by atoms with Crippen molar-refractivity contribution < 1.29 is 22.7 Å². The highest BCUT2D eigenvalue weighted by molar-refractivity contribution is 7.99. The Balaban J connectivity index is 1.36. The Kier molecular flexibility index (Phi) is 8.56. The first-order valence-corrected chi connectivity index (χ1v) is 12.6. The number of hydrogen-bond donors (Lipinski definition) is 1. The van der Waals surface area contributed by atoms with Gasteiger partial charge < -0.3 is 14.8 Å². The average molecular weight is 466 g/mol. The highest BCUT2D eigenvalue weighted by atomic mass is 32.2. The Bertz CT molecular complexity index is 944. The summed E-state index contributed by atoms with van der Waals surface area (Å²) < 4.78 is 37.5. The van der Waals surface area contributed by atoms with Crippen LogP contribution in [0.3, 0.4) is 0 Å². The van der Waals surface area contributed by atoms with Crippen LogP contribution in [-0.2, 0) is 14.8 Å². The van der Waals surface area contributed by atoms with Crippen molar-refractivity contribution >= 4 is 27.7 Å². The second-order valence-electron chi connectivity index (χ2n) is 6.83. The van der Waals surface area contributed by atoms with Crippen LogP contribution in [0.2, 0.25) is 0 Å². The predicted molar refractivity (Wildman–Crippen MR) is 119 cm³/mol. The number of ether oxygens (including phenoxy) is 2. The molecule has 1 fully saturated rings. The topological polar surface area (TPSA) is 97.8 Å². The molecule has 2 aromatic rings. The minimum absolute atomic E-state index is 0.143. The largest absolute Gasteiger partial charge is 0.494 e. The molecule has 1 saturated heterocycles. The summed E-state index contributed by atoms with van der Waals surface area (Å²) in [7, 11) is -3.47. The highest BCUT2D eigenvalue weighted by Gasteiger charge is 2.27. The second-order valence-corrected chi connectivity index (χ2v) is 9.77. The molecular formula is C21H27N3O5S2. The van der Waals surface area contributed by atoms with E-state index >= 15 is 0 Å². The molecule has 31 heavy (non-hydrogen) atoms. The zero-order valence-corrected chi connectivity index (χ0v) is 19.1. The number of thioether (sulfide) groups is 1. The van der Waals surface area contributed by atoms with E-state index in [1.54, 1.807) is 12.1 Å². The molecule has 2 heterocycles. The quantitative estimate of drug-likeness (QED) is 0.402. The third kappa shape index (κ3) is 6.84. The lowest BCUT2D eigenvalue weighted by atomic mass is 10.3. The summed E-state index contributed by atoms with van der Waals surface area (Å²) in [6.07, 6.45) is 3.14. The number of amides is 1. The van der Waals surface area contributed by atoms with E-state index in [1.165, 1.54) is 22.3 Å². The number of aromatic nitrogens is 1. The summed E-state index contributed by atoms with van der Waals surface area (Å²) in [6, 6.07) is 10.5. The standard InChI is InChI=1S/C21H27N3O5S2/c1-2-28-17-5-7-18(8-6-17)29-14-11-22-20(25)16-30-21-10-9-19(15-23-21)31(26,27)24-12-3-4-13-24/h5-10,15H,2-4,11-14,16H2,1H3,(H,22,25). The molecule has 1 aromatic carbocycles. The number of nitrogens with one attached hydrogen (secondary N) is 1. The number of carbonyl (C=O) groups excluding carboxylic acids is 1. The molecule has 10 heteroatoms. The van der Waals surface area contributed by atoms with Gasteiger partial charge in [-0.2, -0.15) is 4.31 Å². The molecule has 1 amide bonds. The third-order valence-corrected chi connectivity index (χ3v) is 7.42. The number of benzene rings is 1. The molecule has 1 aliphatic heterocycles.